The van der Waals surface area contributed by atoms with Crippen LogP contribution in [0, 0.1) is 14.9 Å². The summed E-state index contributed by atoms with van der Waals surface area (Å²) >= 11 is 2.04. The number of ether oxygens (including phenoxy) is 2. The molecular weight excluding hydrogens is 387 g/mol. The van der Waals surface area contributed by atoms with Crippen LogP contribution in [0.4, 0.5) is 5.69 Å². The largest absolute Gasteiger partial charge is 0.419 e. The maximum Gasteiger partial charge on any atom is 0.350 e. The van der Waals surface area contributed by atoms with Gasteiger partial charge in [-0.25, -0.2) is 9.59 Å². The molecular formula is C14H11IN2O4. The Bertz CT molecular complexity index is 667. The first-order valence-corrected chi connectivity index (χ1v) is 7.03. The molecule has 0 radical (unpaired) electrons. The Morgan fingerprint density at radius 2 is 1.90 bits per heavy atom. The average molecular weight is 398 g/mol. The molecule has 1 aliphatic heterocycles. The van der Waals surface area contributed by atoms with Crippen LogP contribution < -0.4 is 5.32 Å². The van der Waals surface area contributed by atoms with Gasteiger partial charge >= 0.3 is 11.9 Å². The molecule has 0 unspecified atom stereocenters. The van der Waals surface area contributed by atoms with Crippen molar-refractivity contribution in [3.63, 3.8) is 0 Å². The second-order valence-electron chi connectivity index (χ2n) is 4.69. The lowest BCUT2D eigenvalue weighted by Crippen LogP contribution is -2.42. The van der Waals surface area contributed by atoms with Gasteiger partial charge in [0, 0.05) is 23.6 Å². The second kappa shape index (κ2) is 5.73. The standard InChI is InChI=1S/C14H11IN2O4/c1-14(2)20-12(18)9(13(19)21-14)7-17-11-4-3-8(6-16)5-10(11)15/h3-5,7,17H,1-2H3. The van der Waals surface area contributed by atoms with Gasteiger partial charge in [0.1, 0.15) is 0 Å². The zero-order valence-electron chi connectivity index (χ0n) is 11.3. The molecule has 21 heavy (non-hydrogen) atoms. The molecule has 1 aromatic rings. The number of hydrogen-bond donors (Lipinski definition) is 1. The third-order valence-corrected chi connectivity index (χ3v) is 3.48. The van der Waals surface area contributed by atoms with E-state index in [1.165, 1.54) is 20.0 Å². The lowest BCUT2D eigenvalue weighted by molar-refractivity contribution is -0.222. The number of esters is 2. The van der Waals surface area contributed by atoms with Crippen LogP contribution in [0.1, 0.15) is 19.4 Å². The number of nitrogens with one attached hydrogen (secondary N) is 1. The van der Waals surface area contributed by atoms with Crippen molar-refractivity contribution in [2.45, 2.75) is 19.6 Å². The van der Waals surface area contributed by atoms with E-state index in [1.54, 1.807) is 18.2 Å². The van der Waals surface area contributed by atoms with E-state index in [1.807, 2.05) is 28.7 Å². The SMILES string of the molecule is CC1(C)OC(=O)C(=CNc2ccc(C#N)cc2I)C(=O)O1. The fraction of sp³-hybridized carbons (Fsp3) is 0.214. The molecule has 0 atom stereocenters. The number of rotatable bonds is 2. The molecule has 0 bridgehead atoms. The number of nitriles is 1. The molecule has 108 valence electrons. The number of hydrogen-bond acceptors (Lipinski definition) is 6. The van der Waals surface area contributed by atoms with Gasteiger partial charge in [-0.2, -0.15) is 5.26 Å². The highest BCUT2D eigenvalue weighted by molar-refractivity contribution is 14.1. The van der Waals surface area contributed by atoms with Gasteiger partial charge in [-0.15, -0.1) is 0 Å². The molecule has 1 aliphatic rings. The zero-order valence-corrected chi connectivity index (χ0v) is 13.4. The Hall–Kier alpha value is -2.08. The lowest BCUT2D eigenvalue weighted by atomic mass is 10.2. The van der Waals surface area contributed by atoms with Crippen molar-refractivity contribution in [3.05, 3.63) is 39.1 Å². The van der Waals surface area contributed by atoms with E-state index in [-0.39, 0.29) is 5.57 Å². The first kappa shape index (κ1) is 15.3. The maximum absolute atomic E-state index is 11.8. The van der Waals surface area contributed by atoms with E-state index in [4.69, 9.17) is 14.7 Å². The van der Waals surface area contributed by atoms with Gasteiger partial charge in [-0.3, -0.25) is 0 Å². The van der Waals surface area contributed by atoms with Gasteiger partial charge in [0.2, 0.25) is 0 Å². The Kier molecular flexibility index (Phi) is 4.18. The summed E-state index contributed by atoms with van der Waals surface area (Å²) < 4.78 is 10.7. The first-order valence-electron chi connectivity index (χ1n) is 5.95. The summed E-state index contributed by atoms with van der Waals surface area (Å²) in [6.07, 6.45) is 1.24. The molecule has 7 heteroatoms. The third kappa shape index (κ3) is 3.52. The van der Waals surface area contributed by atoms with Crippen LogP contribution in [0.25, 0.3) is 0 Å². The lowest BCUT2D eigenvalue weighted by Gasteiger charge is -2.29. The number of carbonyl (C=O) groups is 2. The van der Waals surface area contributed by atoms with Gasteiger partial charge in [0.25, 0.3) is 5.79 Å². The number of carbonyl (C=O) groups excluding carboxylic acids is 2. The molecule has 1 N–H and O–H groups in total. The molecule has 1 aromatic carbocycles. The van der Waals surface area contributed by atoms with Crippen LogP contribution in [0.2, 0.25) is 0 Å². The fourth-order valence-corrected chi connectivity index (χ4v) is 2.30. The first-order chi connectivity index (χ1) is 9.82. The maximum atomic E-state index is 11.8. The summed E-state index contributed by atoms with van der Waals surface area (Å²) in [6, 6.07) is 7.02. The highest BCUT2D eigenvalue weighted by Crippen LogP contribution is 2.24. The molecule has 0 spiro atoms. The summed E-state index contributed by atoms with van der Waals surface area (Å²) in [4.78, 5) is 23.5. The molecule has 0 saturated carbocycles. The Balaban J connectivity index is 2.20. The number of halogens is 1. The molecule has 0 aromatic heterocycles. The molecule has 2 rings (SSSR count). The minimum atomic E-state index is -1.26. The van der Waals surface area contributed by atoms with Gasteiger partial charge < -0.3 is 14.8 Å². The van der Waals surface area contributed by atoms with Crippen LogP contribution in [-0.2, 0) is 19.1 Å². The van der Waals surface area contributed by atoms with Crippen LogP contribution in [0.3, 0.4) is 0 Å². The summed E-state index contributed by atoms with van der Waals surface area (Å²) in [5, 5.41) is 11.6. The molecule has 6 nitrogen and oxygen atoms in total. The molecule has 1 saturated heterocycles. The molecule has 1 fully saturated rings. The highest BCUT2D eigenvalue weighted by atomic mass is 127. The van der Waals surface area contributed by atoms with Crippen molar-refractivity contribution in [1.29, 1.82) is 5.26 Å². The quantitative estimate of drug-likeness (QED) is 0.356. The van der Waals surface area contributed by atoms with Gasteiger partial charge in [0.05, 0.1) is 17.3 Å². The van der Waals surface area contributed by atoms with Crippen molar-refractivity contribution in [2.24, 2.45) is 0 Å². The van der Waals surface area contributed by atoms with E-state index >= 15 is 0 Å². The topological polar surface area (TPSA) is 88.4 Å². The predicted molar refractivity (Wildman–Crippen MR) is 81.8 cm³/mol. The van der Waals surface area contributed by atoms with Gasteiger partial charge in [-0.1, -0.05) is 0 Å². The van der Waals surface area contributed by atoms with Crippen LogP contribution in [-0.4, -0.2) is 17.7 Å². The molecule has 0 aliphatic carbocycles. The van der Waals surface area contributed by atoms with E-state index < -0.39 is 17.7 Å². The number of cyclic esters (lactones) is 2. The van der Waals surface area contributed by atoms with Crippen LogP contribution in [0.5, 0.6) is 0 Å². The monoisotopic (exact) mass is 398 g/mol. The van der Waals surface area contributed by atoms with E-state index in [2.05, 4.69) is 5.32 Å². The summed E-state index contributed by atoms with van der Waals surface area (Å²) in [5.74, 6) is -2.74. The number of anilines is 1. The van der Waals surface area contributed by atoms with E-state index in [0.717, 1.165) is 3.57 Å². The smallest absolute Gasteiger partial charge is 0.350 e. The van der Waals surface area contributed by atoms with Crippen molar-refractivity contribution in [3.8, 4) is 6.07 Å². The van der Waals surface area contributed by atoms with Crippen molar-refractivity contribution >= 4 is 40.2 Å². The minimum absolute atomic E-state index is 0.213. The Labute approximate surface area is 134 Å². The van der Waals surface area contributed by atoms with Crippen molar-refractivity contribution in [2.75, 3.05) is 5.32 Å². The van der Waals surface area contributed by atoms with Gasteiger partial charge in [0.15, 0.2) is 5.57 Å². The highest BCUT2D eigenvalue weighted by Gasteiger charge is 2.38. The fourth-order valence-electron chi connectivity index (χ4n) is 1.63. The Morgan fingerprint density at radius 1 is 1.29 bits per heavy atom. The zero-order chi connectivity index (χ0) is 15.6. The van der Waals surface area contributed by atoms with E-state index in [0.29, 0.717) is 11.3 Å². The number of benzene rings is 1. The second-order valence-corrected chi connectivity index (χ2v) is 5.85. The van der Waals surface area contributed by atoms with Gasteiger partial charge in [-0.05, 0) is 40.8 Å². The predicted octanol–water partition coefficient (Wildman–Crippen LogP) is 2.29. The molecule has 1 heterocycles. The van der Waals surface area contributed by atoms with Crippen LogP contribution in [0.15, 0.2) is 30.0 Å². The number of nitrogens with zero attached hydrogens (tertiary/aromatic N) is 1. The Morgan fingerprint density at radius 3 is 2.43 bits per heavy atom. The molecule has 0 amide bonds. The van der Waals surface area contributed by atoms with Crippen molar-refractivity contribution in [1.82, 2.24) is 0 Å². The third-order valence-electron chi connectivity index (χ3n) is 2.59. The minimum Gasteiger partial charge on any atom is -0.419 e. The average Bonchev–Trinajstić information content (AvgIpc) is 2.37. The summed E-state index contributed by atoms with van der Waals surface area (Å²) in [7, 11) is 0. The van der Waals surface area contributed by atoms with Crippen LogP contribution >= 0.6 is 22.6 Å². The normalized spacial score (nSPS) is 16.6. The summed E-state index contributed by atoms with van der Waals surface area (Å²) in [5.41, 5.74) is 0.970. The van der Waals surface area contributed by atoms with Crippen molar-refractivity contribution < 1.29 is 19.1 Å². The summed E-state index contributed by atoms with van der Waals surface area (Å²) in [6.45, 7) is 2.97. The van der Waals surface area contributed by atoms with E-state index in [9.17, 15) is 9.59 Å².